The highest BCUT2D eigenvalue weighted by Crippen LogP contribution is 2.29. The summed E-state index contributed by atoms with van der Waals surface area (Å²) in [6.07, 6.45) is 3.06. The zero-order chi connectivity index (χ0) is 21.2. The van der Waals surface area contributed by atoms with Gasteiger partial charge >= 0.3 is 0 Å². The molecule has 0 radical (unpaired) electrons. The lowest BCUT2D eigenvalue weighted by Gasteiger charge is -2.36. The van der Waals surface area contributed by atoms with E-state index < -0.39 is 6.10 Å². The average molecular weight is 421 g/mol. The number of hydrogen-bond acceptors (Lipinski definition) is 6. The van der Waals surface area contributed by atoms with Gasteiger partial charge in [0.15, 0.2) is 5.82 Å². The van der Waals surface area contributed by atoms with Gasteiger partial charge in [-0.25, -0.2) is 5.10 Å². The number of likely N-dealkylation sites (tertiary alicyclic amines) is 1. The quantitative estimate of drug-likeness (QED) is 0.588. The molecule has 5 rings (SSSR count). The van der Waals surface area contributed by atoms with Crippen LogP contribution in [0.5, 0.6) is 5.75 Å². The van der Waals surface area contributed by atoms with Crippen molar-refractivity contribution in [2.45, 2.75) is 43.9 Å². The molecule has 0 aliphatic carbocycles. The summed E-state index contributed by atoms with van der Waals surface area (Å²) >= 11 is 0. The van der Waals surface area contributed by atoms with E-state index in [0.29, 0.717) is 11.9 Å². The second-order valence-corrected chi connectivity index (χ2v) is 8.54. The number of hydrogen-bond donors (Lipinski definition) is 3. The van der Waals surface area contributed by atoms with E-state index in [0.717, 1.165) is 55.7 Å². The topological polar surface area (TPSA) is 90.5 Å². The van der Waals surface area contributed by atoms with Crippen LogP contribution in [0.25, 0.3) is 10.8 Å². The molecule has 3 heterocycles. The van der Waals surface area contributed by atoms with Gasteiger partial charge in [0.1, 0.15) is 18.0 Å². The first-order chi connectivity index (χ1) is 15.2. The molecule has 162 valence electrons. The van der Waals surface area contributed by atoms with Crippen molar-refractivity contribution in [1.29, 1.82) is 0 Å². The number of aliphatic hydroxyl groups excluding tert-OH is 1. The minimum atomic E-state index is -0.498. The SMILES string of the molecule is O=c1[nH]nc(NC2CCN(C[C@@H](O)[C@@H]3CCc4ccccc4O3)CC2)c2ccccc12. The molecule has 1 saturated heterocycles. The molecule has 3 aromatic rings. The number of aromatic amines is 1. The van der Waals surface area contributed by atoms with Gasteiger partial charge in [-0.15, -0.1) is 0 Å². The molecule has 7 nitrogen and oxygen atoms in total. The van der Waals surface area contributed by atoms with Crippen LogP contribution in [0.15, 0.2) is 53.3 Å². The van der Waals surface area contributed by atoms with Crippen molar-refractivity contribution in [2.75, 3.05) is 25.0 Å². The lowest BCUT2D eigenvalue weighted by atomic mass is 9.98. The number of aromatic nitrogens is 2. The summed E-state index contributed by atoms with van der Waals surface area (Å²) in [6.45, 7) is 2.43. The first-order valence-electron chi connectivity index (χ1n) is 11.1. The fraction of sp³-hybridized carbons (Fsp3) is 0.417. The molecule has 2 atom stereocenters. The molecule has 31 heavy (non-hydrogen) atoms. The molecule has 2 aliphatic rings. The van der Waals surface area contributed by atoms with Gasteiger partial charge in [-0.1, -0.05) is 36.4 Å². The van der Waals surface area contributed by atoms with Crippen LogP contribution in [0.2, 0.25) is 0 Å². The minimum absolute atomic E-state index is 0.151. The predicted octanol–water partition coefficient (Wildman–Crippen LogP) is 2.55. The highest BCUT2D eigenvalue weighted by molar-refractivity contribution is 5.90. The number of benzene rings is 2. The van der Waals surface area contributed by atoms with E-state index in [9.17, 15) is 9.90 Å². The Kier molecular flexibility index (Phi) is 5.61. The van der Waals surface area contributed by atoms with E-state index in [1.807, 2.05) is 42.5 Å². The molecular weight excluding hydrogens is 392 g/mol. The first-order valence-corrected chi connectivity index (χ1v) is 11.1. The Labute approximate surface area is 181 Å². The molecule has 0 unspecified atom stereocenters. The fourth-order valence-corrected chi connectivity index (χ4v) is 4.68. The highest BCUT2D eigenvalue weighted by atomic mass is 16.5. The summed E-state index contributed by atoms with van der Waals surface area (Å²) in [7, 11) is 0. The number of aryl methyl sites for hydroxylation is 1. The van der Waals surface area contributed by atoms with Crippen LogP contribution < -0.4 is 15.6 Å². The lowest BCUT2D eigenvalue weighted by Crippen LogP contribution is -2.47. The fourth-order valence-electron chi connectivity index (χ4n) is 4.68. The van der Waals surface area contributed by atoms with E-state index in [4.69, 9.17) is 4.74 Å². The summed E-state index contributed by atoms with van der Waals surface area (Å²) in [5, 5.41) is 22.6. The van der Waals surface area contributed by atoms with Gasteiger partial charge in [0.2, 0.25) is 0 Å². The van der Waals surface area contributed by atoms with Crippen LogP contribution in [0.3, 0.4) is 0 Å². The molecular formula is C24H28N4O3. The van der Waals surface area contributed by atoms with Gasteiger partial charge in [0.25, 0.3) is 5.56 Å². The zero-order valence-electron chi connectivity index (χ0n) is 17.5. The predicted molar refractivity (Wildman–Crippen MR) is 121 cm³/mol. The average Bonchev–Trinajstić information content (AvgIpc) is 2.82. The zero-order valence-corrected chi connectivity index (χ0v) is 17.5. The molecule has 1 aromatic heterocycles. The third-order valence-electron chi connectivity index (χ3n) is 6.45. The number of H-pyrrole nitrogens is 1. The maximum absolute atomic E-state index is 12.0. The van der Waals surface area contributed by atoms with E-state index in [2.05, 4.69) is 26.5 Å². The Bertz CT molecular complexity index is 1110. The summed E-state index contributed by atoms with van der Waals surface area (Å²) < 4.78 is 6.06. The highest BCUT2D eigenvalue weighted by Gasteiger charge is 2.29. The third kappa shape index (κ3) is 4.29. The number of piperidine rings is 1. The number of nitrogens with one attached hydrogen (secondary N) is 2. The molecule has 1 fully saturated rings. The van der Waals surface area contributed by atoms with Gasteiger partial charge in [0.05, 0.1) is 5.39 Å². The Morgan fingerprint density at radius 2 is 1.84 bits per heavy atom. The second kappa shape index (κ2) is 8.69. The molecule has 0 spiro atoms. The normalized spacial score (nSPS) is 20.7. The van der Waals surface area contributed by atoms with E-state index in [-0.39, 0.29) is 17.7 Å². The van der Waals surface area contributed by atoms with Crippen molar-refractivity contribution in [1.82, 2.24) is 15.1 Å². The number of nitrogens with zero attached hydrogens (tertiary/aromatic N) is 2. The van der Waals surface area contributed by atoms with Gasteiger partial charge in [-0.05, 0) is 43.4 Å². The van der Waals surface area contributed by atoms with Crippen molar-refractivity contribution < 1.29 is 9.84 Å². The Morgan fingerprint density at radius 3 is 2.68 bits per heavy atom. The molecule has 0 saturated carbocycles. The maximum atomic E-state index is 12.0. The third-order valence-corrected chi connectivity index (χ3v) is 6.45. The second-order valence-electron chi connectivity index (χ2n) is 8.54. The van der Waals surface area contributed by atoms with Crippen molar-refractivity contribution in [3.8, 4) is 5.75 Å². The summed E-state index contributed by atoms with van der Waals surface area (Å²) in [5.41, 5.74) is 1.05. The Balaban J connectivity index is 1.15. The van der Waals surface area contributed by atoms with Gasteiger partial charge < -0.3 is 20.1 Å². The van der Waals surface area contributed by atoms with E-state index in [1.165, 1.54) is 5.56 Å². The van der Waals surface area contributed by atoms with Crippen molar-refractivity contribution in [3.05, 3.63) is 64.4 Å². The lowest BCUT2D eigenvalue weighted by molar-refractivity contribution is -0.00172. The molecule has 0 bridgehead atoms. The monoisotopic (exact) mass is 420 g/mol. The molecule has 0 amide bonds. The Morgan fingerprint density at radius 1 is 1.10 bits per heavy atom. The van der Waals surface area contributed by atoms with Crippen molar-refractivity contribution in [3.63, 3.8) is 0 Å². The summed E-state index contributed by atoms with van der Waals surface area (Å²) in [5.74, 6) is 1.63. The molecule has 2 aliphatic heterocycles. The van der Waals surface area contributed by atoms with Gasteiger partial charge in [0, 0.05) is 31.1 Å². The first kappa shape index (κ1) is 20.0. The standard InChI is InChI=1S/C24H28N4O3/c29-20(22-10-9-16-5-1-4-8-21(16)31-22)15-28-13-11-17(12-14-28)25-23-18-6-2-3-7-19(18)24(30)27-26-23/h1-8,17,20,22,29H,9-15H2,(H,25,26)(H,27,30)/t20-,22+/m1/s1. The van der Waals surface area contributed by atoms with Crippen LogP contribution in [0.4, 0.5) is 5.82 Å². The van der Waals surface area contributed by atoms with Crippen LogP contribution in [-0.4, -0.2) is 58.1 Å². The number of rotatable bonds is 5. The van der Waals surface area contributed by atoms with Crippen LogP contribution in [0, 0.1) is 0 Å². The van der Waals surface area contributed by atoms with Crippen LogP contribution in [0.1, 0.15) is 24.8 Å². The number of para-hydroxylation sites is 1. The summed E-state index contributed by atoms with van der Waals surface area (Å²) in [4.78, 5) is 14.3. The largest absolute Gasteiger partial charge is 0.487 e. The number of ether oxygens (including phenoxy) is 1. The number of β-amino-alcohol motifs (C(OH)–C–C–N with tert-alkyl or cyclic N) is 1. The molecule has 7 heteroatoms. The molecule has 3 N–H and O–H groups in total. The number of aliphatic hydroxyl groups is 1. The number of fused-ring (bicyclic) bond motifs is 2. The van der Waals surface area contributed by atoms with Crippen LogP contribution >= 0.6 is 0 Å². The van der Waals surface area contributed by atoms with Gasteiger partial charge in [-0.3, -0.25) is 4.79 Å². The summed E-state index contributed by atoms with van der Waals surface area (Å²) in [6, 6.07) is 15.9. The van der Waals surface area contributed by atoms with Gasteiger partial charge in [-0.2, -0.15) is 5.10 Å². The van der Waals surface area contributed by atoms with Crippen LogP contribution in [-0.2, 0) is 6.42 Å². The Hall–Kier alpha value is -2.90. The minimum Gasteiger partial charge on any atom is -0.487 e. The number of anilines is 1. The maximum Gasteiger partial charge on any atom is 0.272 e. The smallest absolute Gasteiger partial charge is 0.272 e. The van der Waals surface area contributed by atoms with E-state index in [1.54, 1.807) is 0 Å². The van der Waals surface area contributed by atoms with Crippen molar-refractivity contribution in [2.24, 2.45) is 0 Å². The molecule has 2 aromatic carbocycles. The van der Waals surface area contributed by atoms with E-state index >= 15 is 0 Å². The van der Waals surface area contributed by atoms with Crippen molar-refractivity contribution >= 4 is 16.6 Å².